The van der Waals surface area contributed by atoms with Crippen molar-refractivity contribution in [3.63, 3.8) is 0 Å². The molecule has 0 saturated heterocycles. The van der Waals surface area contributed by atoms with Gasteiger partial charge in [0.1, 0.15) is 0 Å². The first-order chi connectivity index (χ1) is 16.4. The summed E-state index contributed by atoms with van der Waals surface area (Å²) in [4.78, 5) is 28.0. The number of hydrogen-bond acceptors (Lipinski definition) is 3. The number of carbonyl (C=O) groups is 2. The number of anilines is 1. The van der Waals surface area contributed by atoms with E-state index in [1.807, 2.05) is 24.3 Å². The molecule has 172 valence electrons. The normalized spacial score (nSPS) is 18.6. The Bertz CT molecular complexity index is 1330. The smallest absolute Gasteiger partial charge is 0.264 e. The number of allylic oxidation sites excluding steroid dienone is 2. The second-order valence-electron chi connectivity index (χ2n) is 8.78. The van der Waals surface area contributed by atoms with Gasteiger partial charge in [0.2, 0.25) is 0 Å². The number of para-hydroxylation sites is 1. The summed E-state index contributed by atoms with van der Waals surface area (Å²) >= 11 is 12.2. The van der Waals surface area contributed by atoms with Crippen molar-refractivity contribution in [2.24, 2.45) is 0 Å². The summed E-state index contributed by atoms with van der Waals surface area (Å²) in [5.74, 6) is -0.799. The summed E-state index contributed by atoms with van der Waals surface area (Å²) in [6.45, 7) is 0.441. The quantitative estimate of drug-likeness (QED) is 0.399. The highest BCUT2D eigenvalue weighted by Crippen LogP contribution is 2.43. The minimum Gasteiger partial charge on any atom is -0.375 e. The molecule has 3 aromatic carbocycles. The van der Waals surface area contributed by atoms with Crippen LogP contribution in [0.3, 0.4) is 0 Å². The van der Waals surface area contributed by atoms with Gasteiger partial charge in [-0.3, -0.25) is 9.59 Å². The van der Waals surface area contributed by atoms with Crippen molar-refractivity contribution < 1.29 is 14.7 Å². The van der Waals surface area contributed by atoms with E-state index in [1.54, 1.807) is 41.3 Å². The molecule has 6 heteroatoms. The molecule has 34 heavy (non-hydrogen) atoms. The van der Waals surface area contributed by atoms with Crippen LogP contribution in [0.1, 0.15) is 46.3 Å². The Morgan fingerprint density at radius 1 is 1.00 bits per heavy atom. The van der Waals surface area contributed by atoms with Gasteiger partial charge in [-0.2, -0.15) is 0 Å². The summed E-state index contributed by atoms with van der Waals surface area (Å²) in [5, 5.41) is 12.6. The average Bonchev–Trinajstić information content (AvgIpc) is 3.31. The Hall–Kier alpha value is -2.92. The number of halogens is 2. The van der Waals surface area contributed by atoms with Crippen LogP contribution < -0.4 is 4.90 Å². The third-order valence-electron chi connectivity index (χ3n) is 6.62. The van der Waals surface area contributed by atoms with Crippen molar-refractivity contribution in [1.29, 1.82) is 0 Å². The molecule has 1 atom stereocenters. The number of amides is 1. The van der Waals surface area contributed by atoms with E-state index in [0.717, 1.165) is 19.3 Å². The third-order valence-corrected chi connectivity index (χ3v) is 7.09. The lowest BCUT2D eigenvalue weighted by Crippen LogP contribution is -2.42. The minimum absolute atomic E-state index is 0.334. The van der Waals surface area contributed by atoms with Crippen molar-refractivity contribution in [3.05, 3.63) is 105 Å². The van der Waals surface area contributed by atoms with Crippen molar-refractivity contribution in [2.75, 3.05) is 11.4 Å². The number of rotatable bonds is 7. The molecule has 4 nitrogen and oxygen atoms in total. The first kappa shape index (κ1) is 22.9. The molecule has 1 aliphatic carbocycles. The van der Waals surface area contributed by atoms with E-state index in [1.165, 1.54) is 16.7 Å². The fourth-order valence-electron chi connectivity index (χ4n) is 4.93. The number of benzene rings is 3. The van der Waals surface area contributed by atoms with E-state index in [2.05, 4.69) is 12.1 Å². The number of fused-ring (bicyclic) bond motifs is 2. The first-order valence-corrected chi connectivity index (χ1v) is 12.0. The fourth-order valence-corrected chi connectivity index (χ4v) is 5.29. The van der Waals surface area contributed by atoms with E-state index in [4.69, 9.17) is 23.2 Å². The number of ketones is 1. The summed E-state index contributed by atoms with van der Waals surface area (Å²) in [7, 11) is 0. The van der Waals surface area contributed by atoms with Crippen molar-refractivity contribution in [2.45, 2.75) is 31.3 Å². The number of nitrogens with zero attached hydrogens (tertiary/aromatic N) is 1. The fraction of sp³-hybridized carbons (Fsp3) is 0.214. The highest BCUT2D eigenvalue weighted by Gasteiger charge is 2.50. The van der Waals surface area contributed by atoms with Gasteiger partial charge in [-0.15, -0.1) is 0 Å². The Labute approximate surface area is 208 Å². The maximum Gasteiger partial charge on any atom is 0.264 e. The summed E-state index contributed by atoms with van der Waals surface area (Å²) in [5.41, 5.74) is 3.24. The van der Waals surface area contributed by atoms with Gasteiger partial charge >= 0.3 is 0 Å². The molecule has 3 aromatic rings. The van der Waals surface area contributed by atoms with Crippen LogP contribution in [0, 0.1) is 0 Å². The highest BCUT2D eigenvalue weighted by atomic mass is 35.5. The van der Waals surface area contributed by atoms with E-state index in [-0.39, 0.29) is 12.2 Å². The molecule has 0 fully saturated rings. The SMILES string of the molecule is O=C(C[C@]1(O)C(=O)N(CCCC2=CCc3ccc(Cl)cc32)c2ccccc21)c1cccc(Cl)c1. The summed E-state index contributed by atoms with van der Waals surface area (Å²) < 4.78 is 0. The van der Waals surface area contributed by atoms with Gasteiger partial charge in [-0.05, 0) is 66.3 Å². The molecular formula is C28H23Cl2NO3. The van der Waals surface area contributed by atoms with Gasteiger partial charge in [-0.1, -0.05) is 65.7 Å². The summed E-state index contributed by atoms with van der Waals surface area (Å²) in [6, 6.07) is 19.6. The van der Waals surface area contributed by atoms with Crippen LogP contribution in [-0.4, -0.2) is 23.3 Å². The zero-order valence-corrected chi connectivity index (χ0v) is 19.9. The standard InChI is InChI=1S/C28H23Cl2NO3/c29-21-7-3-5-20(15-21)26(32)17-28(34)24-8-1-2-9-25(24)31(27(28)33)14-4-6-18-10-11-19-12-13-22(30)16-23(18)19/h1-3,5,7-10,12-13,15-16,34H,4,6,11,14,17H2/t28-/m1/s1. The van der Waals surface area contributed by atoms with Crippen LogP contribution in [0.5, 0.6) is 0 Å². The van der Waals surface area contributed by atoms with Gasteiger partial charge in [0, 0.05) is 27.7 Å². The van der Waals surface area contributed by atoms with Gasteiger partial charge in [0.05, 0.1) is 12.1 Å². The molecule has 1 amide bonds. The van der Waals surface area contributed by atoms with Crippen LogP contribution in [0.15, 0.2) is 72.8 Å². The van der Waals surface area contributed by atoms with E-state index in [9.17, 15) is 14.7 Å². The Morgan fingerprint density at radius 3 is 2.62 bits per heavy atom. The highest BCUT2D eigenvalue weighted by molar-refractivity contribution is 6.31. The van der Waals surface area contributed by atoms with E-state index >= 15 is 0 Å². The average molecular weight is 492 g/mol. The number of Topliss-reactive ketones (excluding diaryl/α,β-unsaturated/α-hetero) is 1. The summed E-state index contributed by atoms with van der Waals surface area (Å²) in [6.07, 6.45) is 4.27. The van der Waals surface area contributed by atoms with Crippen LogP contribution in [0.2, 0.25) is 10.0 Å². The van der Waals surface area contributed by atoms with Crippen LogP contribution in [0.4, 0.5) is 5.69 Å². The second kappa shape index (κ2) is 9.03. The molecule has 1 aliphatic heterocycles. The molecule has 1 heterocycles. The molecule has 0 saturated carbocycles. The largest absolute Gasteiger partial charge is 0.375 e. The maximum absolute atomic E-state index is 13.5. The Morgan fingerprint density at radius 2 is 1.79 bits per heavy atom. The zero-order valence-electron chi connectivity index (χ0n) is 18.4. The molecule has 0 bridgehead atoms. The zero-order chi connectivity index (χ0) is 23.9. The molecule has 1 N–H and O–H groups in total. The van der Waals surface area contributed by atoms with Crippen LogP contribution >= 0.6 is 23.2 Å². The molecule has 2 aliphatic rings. The van der Waals surface area contributed by atoms with E-state index in [0.29, 0.717) is 33.4 Å². The lowest BCUT2D eigenvalue weighted by Gasteiger charge is -2.23. The lowest BCUT2D eigenvalue weighted by atomic mass is 9.88. The van der Waals surface area contributed by atoms with Gasteiger partial charge in [-0.25, -0.2) is 0 Å². The van der Waals surface area contributed by atoms with Crippen LogP contribution in [-0.2, 0) is 16.8 Å². The third kappa shape index (κ3) is 4.07. The lowest BCUT2D eigenvalue weighted by molar-refractivity contribution is -0.135. The molecule has 0 unspecified atom stereocenters. The number of carbonyl (C=O) groups excluding carboxylic acids is 2. The predicted octanol–water partition coefficient (Wildman–Crippen LogP) is 6.22. The molecule has 0 aromatic heterocycles. The molecule has 0 spiro atoms. The Balaban J connectivity index is 1.33. The van der Waals surface area contributed by atoms with E-state index < -0.39 is 11.5 Å². The number of hydrogen-bond donors (Lipinski definition) is 1. The topological polar surface area (TPSA) is 57.6 Å². The Kier molecular flexibility index (Phi) is 6.07. The van der Waals surface area contributed by atoms with Gasteiger partial charge in [0.15, 0.2) is 11.4 Å². The number of aliphatic hydroxyl groups is 1. The monoisotopic (exact) mass is 491 g/mol. The first-order valence-electron chi connectivity index (χ1n) is 11.3. The van der Waals surface area contributed by atoms with Crippen molar-refractivity contribution >= 4 is 46.2 Å². The predicted molar refractivity (Wildman–Crippen MR) is 135 cm³/mol. The van der Waals surface area contributed by atoms with Gasteiger partial charge < -0.3 is 10.0 Å². The van der Waals surface area contributed by atoms with Crippen molar-refractivity contribution in [1.82, 2.24) is 0 Å². The minimum atomic E-state index is -1.90. The maximum atomic E-state index is 13.5. The van der Waals surface area contributed by atoms with Gasteiger partial charge in [0.25, 0.3) is 5.91 Å². The molecular weight excluding hydrogens is 469 g/mol. The second-order valence-corrected chi connectivity index (χ2v) is 9.66. The van der Waals surface area contributed by atoms with Crippen molar-refractivity contribution in [3.8, 4) is 0 Å². The molecule has 5 rings (SSSR count). The van der Waals surface area contributed by atoms with Crippen LogP contribution in [0.25, 0.3) is 5.57 Å². The molecule has 0 radical (unpaired) electrons.